The minimum absolute atomic E-state index is 0.108. The molecule has 1 heteroatoms. The Kier molecular flexibility index (Phi) is 2.96. The van der Waals surface area contributed by atoms with Crippen molar-refractivity contribution in [2.75, 3.05) is 0 Å². The largest absolute Gasteiger partial charge is 0.393 e. The molecule has 3 atom stereocenters. The van der Waals surface area contributed by atoms with Crippen molar-refractivity contribution < 1.29 is 5.11 Å². The third-order valence-corrected chi connectivity index (χ3v) is 3.95. The van der Waals surface area contributed by atoms with E-state index in [9.17, 15) is 0 Å². The van der Waals surface area contributed by atoms with Gasteiger partial charge in [-0.05, 0) is 50.4 Å². The molecule has 0 aliphatic heterocycles. The van der Waals surface area contributed by atoms with Crippen molar-refractivity contribution >= 4 is 0 Å². The van der Waals surface area contributed by atoms with Gasteiger partial charge in [-0.25, -0.2) is 0 Å². The predicted molar refractivity (Wildman–Crippen MR) is 59.1 cm³/mol. The van der Waals surface area contributed by atoms with Crippen molar-refractivity contribution in [3.8, 4) is 0 Å². The fourth-order valence-corrected chi connectivity index (χ4v) is 3.08. The summed E-state index contributed by atoms with van der Waals surface area (Å²) in [5.74, 6) is 0.909. The molecule has 0 radical (unpaired) electrons. The summed E-state index contributed by atoms with van der Waals surface area (Å²) in [7, 11) is 0. The molecule has 1 N–H and O–H groups in total. The number of aliphatic hydroxyl groups is 1. The zero-order chi connectivity index (χ0) is 10.0. The van der Waals surface area contributed by atoms with Gasteiger partial charge >= 0.3 is 0 Å². The summed E-state index contributed by atoms with van der Waals surface area (Å²) in [5, 5.41) is 9.16. The zero-order valence-corrected chi connectivity index (χ0v) is 9.21. The van der Waals surface area contributed by atoms with Crippen LogP contribution >= 0.6 is 0 Å². The molecule has 2 bridgehead atoms. The lowest BCUT2D eigenvalue weighted by Crippen LogP contribution is -2.11. The van der Waals surface area contributed by atoms with Crippen LogP contribution in [0, 0.1) is 11.3 Å². The monoisotopic (exact) mass is 194 g/mol. The van der Waals surface area contributed by atoms with Crippen LogP contribution in [0.1, 0.15) is 51.9 Å². The maximum Gasteiger partial charge on any atom is 0.0512 e. The molecule has 14 heavy (non-hydrogen) atoms. The van der Waals surface area contributed by atoms with Gasteiger partial charge in [0.1, 0.15) is 0 Å². The van der Waals surface area contributed by atoms with E-state index in [1.54, 1.807) is 0 Å². The van der Waals surface area contributed by atoms with E-state index in [0.717, 1.165) is 12.3 Å². The van der Waals surface area contributed by atoms with Gasteiger partial charge in [0.25, 0.3) is 0 Å². The minimum atomic E-state index is -0.108. The summed E-state index contributed by atoms with van der Waals surface area (Å²) in [4.78, 5) is 0. The standard InChI is InChI=1S/C13H22O/c1-11(14)4-2-3-7-13-8-5-12(10-13)6-9-13/h5,8,11-12,14H,2-4,6-7,9-10H2,1H3. The topological polar surface area (TPSA) is 20.2 Å². The van der Waals surface area contributed by atoms with Crippen molar-refractivity contribution in [2.24, 2.45) is 11.3 Å². The summed E-state index contributed by atoms with van der Waals surface area (Å²) in [5.41, 5.74) is 0.587. The lowest BCUT2D eigenvalue weighted by atomic mass is 9.82. The number of unbranched alkanes of at least 4 members (excludes halogenated alkanes) is 1. The second-order valence-corrected chi connectivity index (χ2v) is 5.32. The van der Waals surface area contributed by atoms with Gasteiger partial charge in [0.15, 0.2) is 0 Å². The first-order valence-corrected chi connectivity index (χ1v) is 6.08. The maximum absolute atomic E-state index is 9.16. The first kappa shape index (κ1) is 10.2. The molecule has 0 aromatic heterocycles. The van der Waals surface area contributed by atoms with Gasteiger partial charge in [-0.2, -0.15) is 0 Å². The molecule has 0 saturated heterocycles. The molecule has 1 saturated carbocycles. The second kappa shape index (κ2) is 4.06. The van der Waals surface area contributed by atoms with Crippen molar-refractivity contribution in [3.63, 3.8) is 0 Å². The normalized spacial score (nSPS) is 36.6. The van der Waals surface area contributed by atoms with E-state index in [1.807, 2.05) is 6.92 Å². The van der Waals surface area contributed by atoms with Crippen molar-refractivity contribution in [1.29, 1.82) is 0 Å². The first-order chi connectivity index (χ1) is 6.70. The molecular formula is C13H22O. The number of hydrogen-bond acceptors (Lipinski definition) is 1. The Balaban J connectivity index is 1.68. The number of allylic oxidation sites excluding steroid dienone is 2. The van der Waals surface area contributed by atoms with Crippen LogP contribution < -0.4 is 0 Å². The smallest absolute Gasteiger partial charge is 0.0512 e. The van der Waals surface area contributed by atoms with E-state index in [-0.39, 0.29) is 6.10 Å². The van der Waals surface area contributed by atoms with Crippen LogP contribution in [0.25, 0.3) is 0 Å². The molecule has 3 unspecified atom stereocenters. The van der Waals surface area contributed by atoms with Gasteiger partial charge in [-0.1, -0.05) is 25.0 Å². The van der Waals surface area contributed by atoms with Crippen LogP contribution in [0.2, 0.25) is 0 Å². The Morgan fingerprint density at radius 2 is 2.36 bits per heavy atom. The lowest BCUT2D eigenvalue weighted by molar-refractivity contribution is 0.178. The van der Waals surface area contributed by atoms with Gasteiger partial charge in [0.2, 0.25) is 0 Å². The quantitative estimate of drug-likeness (QED) is 0.526. The molecule has 0 heterocycles. The fourth-order valence-electron chi connectivity index (χ4n) is 3.08. The number of aliphatic hydroxyl groups excluding tert-OH is 1. The highest BCUT2D eigenvalue weighted by Gasteiger charge is 2.39. The summed E-state index contributed by atoms with van der Waals surface area (Å²) in [6.45, 7) is 1.89. The molecule has 1 fully saturated rings. The van der Waals surface area contributed by atoms with Gasteiger partial charge in [-0.3, -0.25) is 0 Å². The van der Waals surface area contributed by atoms with Crippen LogP contribution in [0.5, 0.6) is 0 Å². The molecule has 1 nitrogen and oxygen atoms in total. The SMILES string of the molecule is CC(O)CCCCC12C=CC(CC1)C2. The highest BCUT2D eigenvalue weighted by atomic mass is 16.3. The summed E-state index contributed by atoms with van der Waals surface area (Å²) in [6, 6.07) is 0. The third kappa shape index (κ3) is 2.20. The Morgan fingerprint density at radius 3 is 2.86 bits per heavy atom. The van der Waals surface area contributed by atoms with Gasteiger partial charge in [0, 0.05) is 0 Å². The summed E-state index contributed by atoms with van der Waals surface area (Å²) in [6.07, 6.45) is 13.9. The van der Waals surface area contributed by atoms with Crippen LogP contribution in [0.3, 0.4) is 0 Å². The van der Waals surface area contributed by atoms with Crippen LogP contribution in [0.15, 0.2) is 12.2 Å². The average Bonchev–Trinajstić information content (AvgIpc) is 2.72. The molecule has 0 spiro atoms. The highest BCUT2D eigenvalue weighted by Crippen LogP contribution is 2.51. The molecule has 80 valence electrons. The lowest BCUT2D eigenvalue weighted by Gasteiger charge is -2.23. The fraction of sp³-hybridized carbons (Fsp3) is 0.846. The molecule has 2 rings (SSSR count). The molecule has 0 amide bonds. The van der Waals surface area contributed by atoms with Gasteiger partial charge < -0.3 is 5.11 Å². The summed E-state index contributed by atoms with van der Waals surface area (Å²) < 4.78 is 0. The van der Waals surface area contributed by atoms with Crippen LogP contribution in [-0.4, -0.2) is 11.2 Å². The van der Waals surface area contributed by atoms with Crippen LogP contribution in [0.4, 0.5) is 0 Å². The minimum Gasteiger partial charge on any atom is -0.393 e. The number of hydrogen-bond donors (Lipinski definition) is 1. The molecule has 2 aliphatic carbocycles. The third-order valence-electron chi connectivity index (χ3n) is 3.95. The Labute approximate surface area is 87.2 Å². The molecule has 2 aliphatic rings. The van der Waals surface area contributed by atoms with E-state index in [0.29, 0.717) is 5.41 Å². The summed E-state index contributed by atoms with van der Waals surface area (Å²) >= 11 is 0. The highest BCUT2D eigenvalue weighted by molar-refractivity contribution is 5.15. The van der Waals surface area contributed by atoms with Crippen molar-refractivity contribution in [2.45, 2.75) is 58.0 Å². The predicted octanol–water partition coefficient (Wildman–Crippen LogP) is 3.28. The van der Waals surface area contributed by atoms with Gasteiger partial charge in [-0.15, -0.1) is 0 Å². The molecule has 0 aromatic carbocycles. The molecular weight excluding hydrogens is 172 g/mol. The van der Waals surface area contributed by atoms with E-state index < -0.39 is 0 Å². The van der Waals surface area contributed by atoms with Crippen molar-refractivity contribution in [1.82, 2.24) is 0 Å². The Hall–Kier alpha value is -0.300. The van der Waals surface area contributed by atoms with E-state index >= 15 is 0 Å². The van der Waals surface area contributed by atoms with E-state index in [2.05, 4.69) is 12.2 Å². The Bertz CT molecular complexity index is 219. The van der Waals surface area contributed by atoms with Gasteiger partial charge in [0.05, 0.1) is 6.10 Å². The maximum atomic E-state index is 9.16. The van der Waals surface area contributed by atoms with Crippen molar-refractivity contribution in [3.05, 3.63) is 12.2 Å². The molecule has 0 aromatic rings. The first-order valence-electron chi connectivity index (χ1n) is 6.08. The average molecular weight is 194 g/mol. The zero-order valence-electron chi connectivity index (χ0n) is 9.21. The Morgan fingerprint density at radius 1 is 1.50 bits per heavy atom. The number of rotatable bonds is 5. The van der Waals surface area contributed by atoms with Crippen LogP contribution in [-0.2, 0) is 0 Å². The van der Waals surface area contributed by atoms with E-state index in [1.165, 1.54) is 38.5 Å². The van der Waals surface area contributed by atoms with E-state index in [4.69, 9.17) is 5.11 Å². The second-order valence-electron chi connectivity index (χ2n) is 5.32. The number of fused-ring (bicyclic) bond motifs is 2.